The Bertz CT molecular complexity index is 300. The van der Waals surface area contributed by atoms with E-state index in [0.29, 0.717) is 17.8 Å². The maximum Gasteiger partial charge on any atom is 0.0477 e. The highest BCUT2D eigenvalue weighted by Crippen LogP contribution is 2.35. The normalized spacial score (nSPS) is 30.2. The molecule has 1 aliphatic rings. The lowest BCUT2D eigenvalue weighted by molar-refractivity contribution is 0.143. The van der Waals surface area contributed by atoms with Crippen LogP contribution in [0.1, 0.15) is 24.8 Å². The fourth-order valence-electron chi connectivity index (χ4n) is 2.89. The van der Waals surface area contributed by atoms with Gasteiger partial charge in [0.2, 0.25) is 0 Å². The molecule has 1 heterocycles. The third-order valence-corrected chi connectivity index (χ3v) is 3.77. The first kappa shape index (κ1) is 11.6. The predicted molar refractivity (Wildman–Crippen MR) is 66.4 cm³/mol. The van der Waals surface area contributed by atoms with E-state index >= 15 is 0 Å². The SMILES string of the molecule is CC[C@@H]1CNC[C@@H](CO)[C@@H]1c1ccccc1. The van der Waals surface area contributed by atoms with Crippen LogP contribution in [-0.2, 0) is 0 Å². The summed E-state index contributed by atoms with van der Waals surface area (Å²) in [5.41, 5.74) is 1.38. The fraction of sp³-hybridized carbons (Fsp3) is 0.571. The van der Waals surface area contributed by atoms with Gasteiger partial charge >= 0.3 is 0 Å². The molecule has 2 N–H and O–H groups in total. The second kappa shape index (κ2) is 5.46. The first-order valence-corrected chi connectivity index (χ1v) is 6.23. The van der Waals surface area contributed by atoms with E-state index < -0.39 is 0 Å². The van der Waals surface area contributed by atoms with Crippen LogP contribution in [0.5, 0.6) is 0 Å². The average molecular weight is 219 g/mol. The summed E-state index contributed by atoms with van der Waals surface area (Å²) in [5, 5.41) is 12.9. The van der Waals surface area contributed by atoms with Gasteiger partial charge in [0.1, 0.15) is 0 Å². The number of rotatable bonds is 3. The van der Waals surface area contributed by atoms with E-state index in [-0.39, 0.29) is 6.61 Å². The van der Waals surface area contributed by atoms with Crippen molar-refractivity contribution in [3.05, 3.63) is 35.9 Å². The van der Waals surface area contributed by atoms with Crippen LogP contribution in [0, 0.1) is 11.8 Å². The highest BCUT2D eigenvalue weighted by atomic mass is 16.3. The molecule has 0 radical (unpaired) electrons. The van der Waals surface area contributed by atoms with Crippen molar-refractivity contribution in [3.63, 3.8) is 0 Å². The van der Waals surface area contributed by atoms with Gasteiger partial charge in [0.05, 0.1) is 0 Å². The molecule has 0 spiro atoms. The van der Waals surface area contributed by atoms with Crippen molar-refractivity contribution in [2.24, 2.45) is 11.8 Å². The number of benzene rings is 1. The third-order valence-electron chi connectivity index (χ3n) is 3.77. The molecule has 0 aromatic heterocycles. The van der Waals surface area contributed by atoms with E-state index in [2.05, 4.69) is 42.6 Å². The van der Waals surface area contributed by atoms with E-state index in [0.717, 1.165) is 13.1 Å². The van der Waals surface area contributed by atoms with Crippen molar-refractivity contribution in [3.8, 4) is 0 Å². The smallest absolute Gasteiger partial charge is 0.0477 e. The van der Waals surface area contributed by atoms with Crippen LogP contribution < -0.4 is 5.32 Å². The largest absolute Gasteiger partial charge is 0.396 e. The summed E-state index contributed by atoms with van der Waals surface area (Å²) < 4.78 is 0. The Hall–Kier alpha value is -0.860. The maximum atomic E-state index is 9.50. The van der Waals surface area contributed by atoms with Gasteiger partial charge in [-0.05, 0) is 23.9 Å². The molecule has 2 heteroatoms. The van der Waals surface area contributed by atoms with Gasteiger partial charge in [0, 0.05) is 19.1 Å². The lowest BCUT2D eigenvalue weighted by Crippen LogP contribution is -2.43. The molecule has 1 saturated heterocycles. The molecule has 0 unspecified atom stereocenters. The molecule has 2 rings (SSSR count). The summed E-state index contributed by atoms with van der Waals surface area (Å²) in [6.07, 6.45) is 1.17. The van der Waals surface area contributed by atoms with Crippen molar-refractivity contribution >= 4 is 0 Å². The van der Waals surface area contributed by atoms with Gasteiger partial charge in [-0.15, -0.1) is 0 Å². The molecule has 1 aliphatic heterocycles. The van der Waals surface area contributed by atoms with Gasteiger partial charge in [-0.3, -0.25) is 0 Å². The van der Waals surface area contributed by atoms with E-state index in [1.165, 1.54) is 12.0 Å². The fourth-order valence-corrected chi connectivity index (χ4v) is 2.89. The number of hydrogen-bond acceptors (Lipinski definition) is 2. The number of hydrogen-bond donors (Lipinski definition) is 2. The van der Waals surface area contributed by atoms with Gasteiger partial charge < -0.3 is 10.4 Å². The van der Waals surface area contributed by atoms with Crippen molar-refractivity contribution in [1.82, 2.24) is 5.32 Å². The van der Waals surface area contributed by atoms with Crippen molar-refractivity contribution in [2.75, 3.05) is 19.7 Å². The lowest BCUT2D eigenvalue weighted by atomic mass is 9.73. The minimum Gasteiger partial charge on any atom is -0.396 e. The Labute approximate surface area is 97.7 Å². The van der Waals surface area contributed by atoms with Crippen LogP contribution in [0.3, 0.4) is 0 Å². The van der Waals surface area contributed by atoms with Crippen LogP contribution in [0.2, 0.25) is 0 Å². The molecular weight excluding hydrogens is 198 g/mol. The standard InChI is InChI=1S/C14H21NO/c1-2-11-8-15-9-13(10-16)14(11)12-6-4-3-5-7-12/h3-7,11,13-16H,2,8-10H2,1H3/t11-,13+,14+/m1/s1. The zero-order valence-electron chi connectivity index (χ0n) is 9.89. The predicted octanol–water partition coefficient (Wildman–Crippen LogP) is 2.01. The molecule has 1 aromatic carbocycles. The lowest BCUT2D eigenvalue weighted by Gasteiger charge is -2.38. The van der Waals surface area contributed by atoms with Crippen LogP contribution in [0.4, 0.5) is 0 Å². The Morgan fingerprint density at radius 3 is 2.50 bits per heavy atom. The summed E-state index contributed by atoms with van der Waals surface area (Å²) in [5.74, 6) is 1.52. The Morgan fingerprint density at radius 2 is 1.88 bits per heavy atom. The molecule has 0 aliphatic carbocycles. The summed E-state index contributed by atoms with van der Waals surface area (Å²) >= 11 is 0. The monoisotopic (exact) mass is 219 g/mol. The summed E-state index contributed by atoms with van der Waals surface area (Å²) in [4.78, 5) is 0. The first-order chi connectivity index (χ1) is 7.86. The molecule has 0 amide bonds. The van der Waals surface area contributed by atoms with Crippen LogP contribution in [0.15, 0.2) is 30.3 Å². The summed E-state index contributed by atoms with van der Waals surface area (Å²) in [7, 11) is 0. The number of nitrogens with one attached hydrogen (secondary N) is 1. The topological polar surface area (TPSA) is 32.3 Å². The second-order valence-corrected chi connectivity index (χ2v) is 4.71. The average Bonchev–Trinajstić information content (AvgIpc) is 2.38. The highest BCUT2D eigenvalue weighted by Gasteiger charge is 2.32. The zero-order chi connectivity index (χ0) is 11.4. The molecular formula is C14H21NO. The Balaban J connectivity index is 2.24. The molecule has 1 aromatic rings. The first-order valence-electron chi connectivity index (χ1n) is 6.23. The molecule has 16 heavy (non-hydrogen) atoms. The van der Waals surface area contributed by atoms with Crippen molar-refractivity contribution in [2.45, 2.75) is 19.3 Å². The van der Waals surface area contributed by atoms with Crippen LogP contribution >= 0.6 is 0 Å². The van der Waals surface area contributed by atoms with Crippen LogP contribution in [0.25, 0.3) is 0 Å². The number of piperidine rings is 1. The zero-order valence-corrected chi connectivity index (χ0v) is 9.89. The summed E-state index contributed by atoms with van der Waals surface area (Å²) in [6, 6.07) is 10.6. The molecule has 1 fully saturated rings. The van der Waals surface area contributed by atoms with E-state index in [9.17, 15) is 5.11 Å². The molecule has 2 nitrogen and oxygen atoms in total. The van der Waals surface area contributed by atoms with Gasteiger partial charge in [0.25, 0.3) is 0 Å². The molecule has 88 valence electrons. The van der Waals surface area contributed by atoms with Gasteiger partial charge in [-0.1, -0.05) is 43.7 Å². The van der Waals surface area contributed by atoms with Gasteiger partial charge in [-0.2, -0.15) is 0 Å². The van der Waals surface area contributed by atoms with E-state index in [1.807, 2.05) is 0 Å². The van der Waals surface area contributed by atoms with E-state index in [4.69, 9.17) is 0 Å². The molecule has 0 saturated carbocycles. The number of aliphatic hydroxyl groups excluding tert-OH is 1. The Morgan fingerprint density at radius 1 is 1.19 bits per heavy atom. The van der Waals surface area contributed by atoms with Crippen molar-refractivity contribution in [1.29, 1.82) is 0 Å². The van der Waals surface area contributed by atoms with Gasteiger partial charge in [-0.25, -0.2) is 0 Å². The minimum atomic E-state index is 0.281. The summed E-state index contributed by atoms with van der Waals surface area (Å²) in [6.45, 7) is 4.53. The van der Waals surface area contributed by atoms with Crippen molar-refractivity contribution < 1.29 is 5.11 Å². The highest BCUT2D eigenvalue weighted by molar-refractivity contribution is 5.22. The Kier molecular flexibility index (Phi) is 3.97. The van der Waals surface area contributed by atoms with Gasteiger partial charge in [0.15, 0.2) is 0 Å². The van der Waals surface area contributed by atoms with Crippen LogP contribution in [-0.4, -0.2) is 24.8 Å². The quantitative estimate of drug-likeness (QED) is 0.815. The third kappa shape index (κ3) is 2.28. The minimum absolute atomic E-state index is 0.281. The van der Waals surface area contributed by atoms with E-state index in [1.54, 1.807) is 0 Å². The second-order valence-electron chi connectivity index (χ2n) is 4.71. The maximum absolute atomic E-state index is 9.50. The molecule has 0 bridgehead atoms. The number of aliphatic hydroxyl groups is 1. The molecule has 3 atom stereocenters.